The molecule has 2 amide bonds. The van der Waals surface area contributed by atoms with Gasteiger partial charge < -0.3 is 15.0 Å². The first-order valence-electron chi connectivity index (χ1n) is 10.2. The van der Waals surface area contributed by atoms with Crippen LogP contribution in [0.4, 0.5) is 0 Å². The quantitative estimate of drug-likeness (QED) is 0.617. The Kier molecular flexibility index (Phi) is 8.71. The average molecular weight is 397 g/mol. The molecule has 0 saturated carbocycles. The van der Waals surface area contributed by atoms with Crippen molar-refractivity contribution in [2.45, 2.75) is 53.1 Å². The van der Waals surface area contributed by atoms with Crippen molar-refractivity contribution in [2.24, 2.45) is 0 Å². The highest BCUT2D eigenvalue weighted by Crippen LogP contribution is 2.16. The van der Waals surface area contributed by atoms with Crippen molar-refractivity contribution >= 4 is 11.8 Å². The minimum Gasteiger partial charge on any atom is -0.484 e. The molecular formula is C24H32N2O3. The van der Waals surface area contributed by atoms with Crippen LogP contribution in [0.2, 0.25) is 0 Å². The third kappa shape index (κ3) is 6.93. The van der Waals surface area contributed by atoms with E-state index in [9.17, 15) is 9.59 Å². The lowest BCUT2D eigenvalue weighted by molar-refractivity contribution is -0.142. The van der Waals surface area contributed by atoms with Crippen LogP contribution in [-0.2, 0) is 16.1 Å². The molecule has 1 N–H and O–H groups in total. The molecule has 0 bridgehead atoms. The maximum absolute atomic E-state index is 13.0. The molecule has 0 radical (unpaired) electrons. The van der Waals surface area contributed by atoms with Crippen molar-refractivity contribution in [2.75, 3.05) is 13.2 Å². The lowest BCUT2D eigenvalue weighted by Crippen LogP contribution is -2.49. The molecule has 2 aromatic rings. The van der Waals surface area contributed by atoms with E-state index in [2.05, 4.69) is 12.2 Å². The van der Waals surface area contributed by atoms with Crippen LogP contribution >= 0.6 is 0 Å². The highest BCUT2D eigenvalue weighted by molar-refractivity contribution is 5.88. The van der Waals surface area contributed by atoms with Gasteiger partial charge in [-0.1, -0.05) is 49.7 Å². The van der Waals surface area contributed by atoms with Crippen LogP contribution in [-0.4, -0.2) is 35.9 Å². The second-order valence-corrected chi connectivity index (χ2v) is 7.37. The summed E-state index contributed by atoms with van der Waals surface area (Å²) in [4.78, 5) is 27.2. The first-order valence-corrected chi connectivity index (χ1v) is 10.2. The summed E-state index contributed by atoms with van der Waals surface area (Å²) >= 11 is 0. The SMILES string of the molecule is CCCCNC(=O)[C@@H](C)N(Cc1ccccc1C)C(=O)COc1cccc(C)c1. The number of aryl methyl sites for hydroxylation is 2. The number of hydrogen-bond donors (Lipinski definition) is 1. The zero-order chi connectivity index (χ0) is 21.2. The van der Waals surface area contributed by atoms with Gasteiger partial charge in [0.05, 0.1) is 0 Å². The number of carbonyl (C=O) groups excluding carboxylic acids is 2. The Bertz CT molecular complexity index is 819. The zero-order valence-electron chi connectivity index (χ0n) is 17.9. The number of rotatable bonds is 10. The molecule has 0 aliphatic heterocycles. The van der Waals surface area contributed by atoms with E-state index in [4.69, 9.17) is 4.74 Å². The van der Waals surface area contributed by atoms with Gasteiger partial charge >= 0.3 is 0 Å². The van der Waals surface area contributed by atoms with E-state index in [1.807, 2.05) is 62.4 Å². The first kappa shape index (κ1) is 22.5. The van der Waals surface area contributed by atoms with Crippen LogP contribution in [0.5, 0.6) is 5.75 Å². The van der Waals surface area contributed by atoms with Gasteiger partial charge in [-0.25, -0.2) is 0 Å². The molecule has 0 fully saturated rings. The van der Waals surface area contributed by atoms with Crippen LogP contribution in [0.3, 0.4) is 0 Å². The fourth-order valence-corrected chi connectivity index (χ4v) is 3.02. The normalized spacial score (nSPS) is 11.6. The molecule has 0 heterocycles. The van der Waals surface area contributed by atoms with Crippen LogP contribution < -0.4 is 10.1 Å². The van der Waals surface area contributed by atoms with Gasteiger partial charge in [0, 0.05) is 13.1 Å². The number of nitrogens with one attached hydrogen (secondary N) is 1. The highest BCUT2D eigenvalue weighted by atomic mass is 16.5. The molecule has 0 unspecified atom stereocenters. The molecule has 1 atom stereocenters. The molecular weight excluding hydrogens is 364 g/mol. The molecule has 0 spiro atoms. The largest absolute Gasteiger partial charge is 0.484 e. The lowest BCUT2D eigenvalue weighted by atomic mass is 10.1. The van der Waals surface area contributed by atoms with Gasteiger partial charge in [-0.3, -0.25) is 9.59 Å². The number of ether oxygens (including phenoxy) is 1. The number of benzene rings is 2. The molecule has 2 rings (SSSR count). The Morgan fingerprint density at radius 3 is 2.55 bits per heavy atom. The highest BCUT2D eigenvalue weighted by Gasteiger charge is 2.26. The molecule has 0 aliphatic rings. The summed E-state index contributed by atoms with van der Waals surface area (Å²) in [6.45, 7) is 8.70. The maximum Gasteiger partial charge on any atom is 0.261 e. The minimum atomic E-state index is -0.583. The van der Waals surface area contributed by atoms with E-state index in [0.717, 1.165) is 29.5 Å². The van der Waals surface area contributed by atoms with E-state index < -0.39 is 6.04 Å². The Morgan fingerprint density at radius 1 is 1.10 bits per heavy atom. The predicted octanol–water partition coefficient (Wildman–Crippen LogP) is 4.02. The van der Waals surface area contributed by atoms with Crippen LogP contribution in [0.1, 0.15) is 43.4 Å². The van der Waals surface area contributed by atoms with Crippen molar-refractivity contribution in [3.05, 3.63) is 65.2 Å². The van der Waals surface area contributed by atoms with E-state index in [1.54, 1.807) is 11.8 Å². The number of nitrogens with zero attached hydrogens (tertiary/aromatic N) is 1. The van der Waals surface area contributed by atoms with Gasteiger partial charge in [-0.05, 0) is 56.0 Å². The van der Waals surface area contributed by atoms with Crippen molar-refractivity contribution in [1.82, 2.24) is 10.2 Å². The number of amides is 2. The summed E-state index contributed by atoms with van der Waals surface area (Å²) in [6.07, 6.45) is 1.92. The monoisotopic (exact) mass is 396 g/mol. The second-order valence-electron chi connectivity index (χ2n) is 7.37. The van der Waals surface area contributed by atoms with Gasteiger partial charge in [-0.2, -0.15) is 0 Å². The Balaban J connectivity index is 2.12. The molecule has 0 aliphatic carbocycles. The fraction of sp³-hybridized carbons (Fsp3) is 0.417. The first-order chi connectivity index (χ1) is 13.9. The second kappa shape index (κ2) is 11.2. The van der Waals surface area contributed by atoms with Gasteiger partial charge in [0.15, 0.2) is 6.61 Å². The molecule has 5 nitrogen and oxygen atoms in total. The Morgan fingerprint density at radius 2 is 1.86 bits per heavy atom. The molecule has 5 heteroatoms. The van der Waals surface area contributed by atoms with Crippen molar-refractivity contribution < 1.29 is 14.3 Å². The Labute approximate surface area is 174 Å². The summed E-state index contributed by atoms with van der Waals surface area (Å²) in [7, 11) is 0. The van der Waals surface area contributed by atoms with E-state index in [-0.39, 0.29) is 18.4 Å². The van der Waals surface area contributed by atoms with Crippen molar-refractivity contribution in [1.29, 1.82) is 0 Å². The van der Waals surface area contributed by atoms with Gasteiger partial charge in [0.1, 0.15) is 11.8 Å². The summed E-state index contributed by atoms with van der Waals surface area (Å²) < 4.78 is 5.70. The average Bonchev–Trinajstić information content (AvgIpc) is 2.71. The van der Waals surface area contributed by atoms with Crippen molar-refractivity contribution in [3.63, 3.8) is 0 Å². The van der Waals surface area contributed by atoms with E-state index in [1.165, 1.54) is 0 Å². The molecule has 156 valence electrons. The van der Waals surface area contributed by atoms with Crippen molar-refractivity contribution in [3.8, 4) is 5.75 Å². The van der Waals surface area contributed by atoms with Gasteiger partial charge in [-0.15, -0.1) is 0 Å². The predicted molar refractivity (Wildman–Crippen MR) is 116 cm³/mol. The van der Waals surface area contributed by atoms with Crippen LogP contribution in [0.15, 0.2) is 48.5 Å². The summed E-state index contributed by atoms with van der Waals surface area (Å²) in [5.74, 6) is 0.290. The molecule has 29 heavy (non-hydrogen) atoms. The van der Waals surface area contributed by atoms with Gasteiger partial charge in [0.2, 0.25) is 5.91 Å². The summed E-state index contributed by atoms with van der Waals surface area (Å²) in [6, 6.07) is 14.9. The third-order valence-electron chi connectivity index (χ3n) is 4.95. The number of hydrogen-bond acceptors (Lipinski definition) is 3. The van der Waals surface area contributed by atoms with E-state index >= 15 is 0 Å². The smallest absolute Gasteiger partial charge is 0.261 e. The third-order valence-corrected chi connectivity index (χ3v) is 4.95. The summed E-state index contributed by atoms with van der Waals surface area (Å²) in [5.41, 5.74) is 3.17. The number of unbranched alkanes of at least 4 members (excludes halogenated alkanes) is 1. The van der Waals surface area contributed by atoms with Crippen LogP contribution in [0.25, 0.3) is 0 Å². The zero-order valence-corrected chi connectivity index (χ0v) is 17.9. The van der Waals surface area contributed by atoms with Crippen LogP contribution in [0, 0.1) is 13.8 Å². The minimum absolute atomic E-state index is 0.109. The molecule has 2 aromatic carbocycles. The van der Waals surface area contributed by atoms with Gasteiger partial charge in [0.25, 0.3) is 5.91 Å². The van der Waals surface area contributed by atoms with E-state index in [0.29, 0.717) is 18.8 Å². The topological polar surface area (TPSA) is 58.6 Å². The maximum atomic E-state index is 13.0. The fourth-order valence-electron chi connectivity index (χ4n) is 3.02. The summed E-state index contributed by atoms with van der Waals surface area (Å²) in [5, 5.41) is 2.93. The Hall–Kier alpha value is -2.82. The molecule has 0 saturated heterocycles. The standard InChI is InChI=1S/C24H32N2O3/c1-5-6-14-25-24(28)20(4)26(16-21-12-8-7-11-19(21)3)23(27)17-29-22-13-9-10-18(2)15-22/h7-13,15,20H,5-6,14,16-17H2,1-4H3,(H,25,28)/t20-/m1/s1. The number of carbonyl (C=O) groups is 2. The lowest BCUT2D eigenvalue weighted by Gasteiger charge is -2.29. The molecule has 0 aromatic heterocycles.